The fourth-order valence-electron chi connectivity index (χ4n) is 2.06. The van der Waals surface area contributed by atoms with Crippen LogP contribution in [0.4, 0.5) is 5.69 Å². The highest BCUT2D eigenvalue weighted by molar-refractivity contribution is 6.32. The summed E-state index contributed by atoms with van der Waals surface area (Å²) >= 11 is 6.02. The number of carbonyl (C=O) groups excluding carboxylic acids is 1. The van der Waals surface area contributed by atoms with E-state index in [0.717, 1.165) is 16.8 Å². The van der Waals surface area contributed by atoms with Gasteiger partial charge in [0.1, 0.15) is 5.75 Å². The van der Waals surface area contributed by atoms with Crippen LogP contribution in [0.1, 0.15) is 21.5 Å². The molecule has 0 saturated heterocycles. The van der Waals surface area contributed by atoms with Crippen molar-refractivity contribution in [2.75, 3.05) is 12.4 Å². The molecule has 0 atom stereocenters. The molecule has 0 fully saturated rings. The summed E-state index contributed by atoms with van der Waals surface area (Å²) in [6, 6.07) is 10.9. The average molecular weight is 290 g/mol. The van der Waals surface area contributed by atoms with Gasteiger partial charge in [-0.15, -0.1) is 0 Å². The molecule has 0 aliphatic heterocycles. The lowest BCUT2D eigenvalue weighted by Crippen LogP contribution is -2.12. The van der Waals surface area contributed by atoms with E-state index in [1.807, 2.05) is 26.0 Å². The number of amides is 1. The maximum absolute atomic E-state index is 12.2. The molecular formula is C16H16ClNO2. The quantitative estimate of drug-likeness (QED) is 0.919. The minimum Gasteiger partial charge on any atom is -0.495 e. The van der Waals surface area contributed by atoms with Gasteiger partial charge in [0, 0.05) is 11.3 Å². The van der Waals surface area contributed by atoms with Gasteiger partial charge in [0.25, 0.3) is 5.91 Å². The largest absolute Gasteiger partial charge is 0.495 e. The number of halogens is 1. The highest BCUT2D eigenvalue weighted by Gasteiger charge is 2.09. The van der Waals surface area contributed by atoms with Crippen molar-refractivity contribution in [2.24, 2.45) is 0 Å². The van der Waals surface area contributed by atoms with Gasteiger partial charge >= 0.3 is 0 Å². The van der Waals surface area contributed by atoms with E-state index in [9.17, 15) is 4.79 Å². The average Bonchev–Trinajstić information content (AvgIpc) is 2.37. The number of nitrogens with one attached hydrogen (secondary N) is 1. The maximum Gasteiger partial charge on any atom is 0.255 e. The Morgan fingerprint density at radius 2 is 1.75 bits per heavy atom. The molecule has 4 heteroatoms. The Kier molecular flexibility index (Phi) is 4.30. The molecule has 0 radical (unpaired) electrons. The van der Waals surface area contributed by atoms with E-state index in [2.05, 4.69) is 11.4 Å². The number of rotatable bonds is 3. The van der Waals surface area contributed by atoms with E-state index in [1.165, 1.54) is 7.11 Å². The summed E-state index contributed by atoms with van der Waals surface area (Å²) < 4.78 is 5.07. The second kappa shape index (κ2) is 5.97. The molecule has 3 nitrogen and oxygen atoms in total. The van der Waals surface area contributed by atoms with E-state index >= 15 is 0 Å². The highest BCUT2D eigenvalue weighted by Crippen LogP contribution is 2.25. The van der Waals surface area contributed by atoms with Crippen LogP contribution < -0.4 is 10.1 Å². The van der Waals surface area contributed by atoms with Crippen molar-refractivity contribution in [1.82, 2.24) is 0 Å². The van der Waals surface area contributed by atoms with E-state index in [1.54, 1.807) is 18.2 Å². The summed E-state index contributed by atoms with van der Waals surface area (Å²) in [6.07, 6.45) is 0. The number of anilines is 1. The van der Waals surface area contributed by atoms with Gasteiger partial charge in [0.05, 0.1) is 12.1 Å². The van der Waals surface area contributed by atoms with Gasteiger partial charge in [0.15, 0.2) is 0 Å². The molecule has 1 amide bonds. The SMILES string of the molecule is COc1ccc(C(=O)Nc2cc(C)cc(C)c2)cc1Cl. The molecule has 0 spiro atoms. The number of carbonyl (C=O) groups is 1. The molecule has 0 aliphatic carbocycles. The number of hydrogen-bond acceptors (Lipinski definition) is 2. The second-order valence-corrected chi connectivity index (χ2v) is 5.09. The van der Waals surface area contributed by atoms with Crippen LogP contribution in [0.25, 0.3) is 0 Å². The summed E-state index contributed by atoms with van der Waals surface area (Å²) in [5.41, 5.74) is 3.48. The first-order chi connectivity index (χ1) is 9.49. The number of ether oxygens (including phenoxy) is 1. The van der Waals surface area contributed by atoms with Crippen LogP contribution in [-0.2, 0) is 0 Å². The summed E-state index contributed by atoms with van der Waals surface area (Å²) in [7, 11) is 1.54. The van der Waals surface area contributed by atoms with Crippen molar-refractivity contribution in [3.05, 3.63) is 58.1 Å². The van der Waals surface area contributed by atoms with Crippen molar-refractivity contribution >= 4 is 23.2 Å². The molecule has 0 aromatic heterocycles. The molecule has 2 rings (SSSR count). The van der Waals surface area contributed by atoms with Crippen LogP contribution in [0.3, 0.4) is 0 Å². The minimum atomic E-state index is -0.195. The van der Waals surface area contributed by atoms with Crippen molar-refractivity contribution in [3.8, 4) is 5.75 Å². The van der Waals surface area contributed by atoms with E-state index in [-0.39, 0.29) is 5.91 Å². The Labute approximate surface area is 123 Å². The van der Waals surface area contributed by atoms with Crippen LogP contribution in [0.15, 0.2) is 36.4 Å². The van der Waals surface area contributed by atoms with Gasteiger partial charge in [-0.2, -0.15) is 0 Å². The summed E-state index contributed by atoms with van der Waals surface area (Å²) in [4.78, 5) is 12.2. The predicted octanol–water partition coefficient (Wildman–Crippen LogP) is 4.22. The number of aryl methyl sites for hydroxylation is 2. The molecule has 2 aromatic carbocycles. The Morgan fingerprint density at radius 1 is 1.10 bits per heavy atom. The van der Waals surface area contributed by atoms with Crippen LogP contribution in [0, 0.1) is 13.8 Å². The van der Waals surface area contributed by atoms with E-state index in [0.29, 0.717) is 16.3 Å². The van der Waals surface area contributed by atoms with Gasteiger partial charge in [0.2, 0.25) is 0 Å². The molecule has 0 bridgehead atoms. The van der Waals surface area contributed by atoms with Crippen LogP contribution in [0.5, 0.6) is 5.75 Å². The zero-order valence-electron chi connectivity index (χ0n) is 11.7. The van der Waals surface area contributed by atoms with Crippen molar-refractivity contribution in [3.63, 3.8) is 0 Å². The maximum atomic E-state index is 12.2. The van der Waals surface area contributed by atoms with Gasteiger partial charge in [-0.1, -0.05) is 17.7 Å². The molecule has 0 unspecified atom stereocenters. The normalized spacial score (nSPS) is 10.2. The Morgan fingerprint density at radius 3 is 2.30 bits per heavy atom. The number of hydrogen-bond donors (Lipinski definition) is 1. The van der Waals surface area contributed by atoms with Crippen LogP contribution >= 0.6 is 11.6 Å². The topological polar surface area (TPSA) is 38.3 Å². The molecule has 0 saturated carbocycles. The minimum absolute atomic E-state index is 0.195. The Hall–Kier alpha value is -2.00. The molecule has 20 heavy (non-hydrogen) atoms. The molecule has 104 valence electrons. The summed E-state index contributed by atoms with van der Waals surface area (Å²) in [6.45, 7) is 3.99. The third kappa shape index (κ3) is 3.31. The first-order valence-corrected chi connectivity index (χ1v) is 6.60. The number of benzene rings is 2. The van der Waals surface area contributed by atoms with Gasteiger partial charge in [-0.05, 0) is 55.3 Å². The molecule has 0 heterocycles. The molecule has 0 aliphatic rings. The van der Waals surface area contributed by atoms with Gasteiger partial charge < -0.3 is 10.1 Å². The zero-order valence-corrected chi connectivity index (χ0v) is 12.4. The monoisotopic (exact) mass is 289 g/mol. The van der Waals surface area contributed by atoms with Crippen molar-refractivity contribution in [1.29, 1.82) is 0 Å². The van der Waals surface area contributed by atoms with Gasteiger partial charge in [-0.25, -0.2) is 0 Å². The highest BCUT2D eigenvalue weighted by atomic mass is 35.5. The first-order valence-electron chi connectivity index (χ1n) is 6.23. The standard InChI is InChI=1S/C16H16ClNO2/c1-10-6-11(2)8-13(7-10)18-16(19)12-4-5-15(20-3)14(17)9-12/h4-9H,1-3H3,(H,18,19). The van der Waals surface area contributed by atoms with Crippen molar-refractivity contribution in [2.45, 2.75) is 13.8 Å². The molecule has 1 N–H and O–H groups in total. The second-order valence-electron chi connectivity index (χ2n) is 4.68. The fourth-order valence-corrected chi connectivity index (χ4v) is 2.32. The predicted molar refractivity (Wildman–Crippen MR) is 81.9 cm³/mol. The van der Waals surface area contributed by atoms with Crippen LogP contribution in [-0.4, -0.2) is 13.0 Å². The van der Waals surface area contributed by atoms with Crippen molar-refractivity contribution < 1.29 is 9.53 Å². The summed E-state index contributed by atoms with van der Waals surface area (Å²) in [5, 5.41) is 3.28. The smallest absolute Gasteiger partial charge is 0.255 e. The first kappa shape index (κ1) is 14.4. The Balaban J connectivity index is 2.21. The number of methoxy groups -OCH3 is 1. The van der Waals surface area contributed by atoms with Gasteiger partial charge in [-0.3, -0.25) is 4.79 Å². The van der Waals surface area contributed by atoms with E-state index < -0.39 is 0 Å². The van der Waals surface area contributed by atoms with E-state index in [4.69, 9.17) is 16.3 Å². The van der Waals surface area contributed by atoms with Crippen LogP contribution in [0.2, 0.25) is 5.02 Å². The lowest BCUT2D eigenvalue weighted by molar-refractivity contribution is 0.102. The zero-order chi connectivity index (χ0) is 14.7. The lowest BCUT2D eigenvalue weighted by atomic mass is 10.1. The third-order valence-electron chi connectivity index (χ3n) is 2.89. The summed E-state index contributed by atoms with van der Waals surface area (Å²) in [5.74, 6) is 0.356. The third-order valence-corrected chi connectivity index (χ3v) is 3.19. The lowest BCUT2D eigenvalue weighted by Gasteiger charge is -2.09. The fraction of sp³-hybridized carbons (Fsp3) is 0.188. The Bertz CT molecular complexity index is 633. The molecule has 2 aromatic rings. The molecular weight excluding hydrogens is 274 g/mol.